The lowest BCUT2D eigenvalue weighted by atomic mass is 10.1. The molecule has 19 heavy (non-hydrogen) atoms. The molecule has 0 bridgehead atoms. The second-order valence-electron chi connectivity index (χ2n) is 4.29. The number of rotatable bonds is 7. The topological polar surface area (TPSA) is 78.4 Å². The van der Waals surface area contributed by atoms with Crippen molar-refractivity contribution in [1.29, 1.82) is 0 Å². The Hall–Kier alpha value is -2.04. The molecule has 0 spiro atoms. The Labute approximate surface area is 113 Å². The van der Waals surface area contributed by atoms with Crippen LogP contribution in [-0.4, -0.2) is 30.2 Å². The lowest BCUT2D eigenvalue weighted by Gasteiger charge is -2.07. The van der Waals surface area contributed by atoms with Crippen molar-refractivity contribution in [2.45, 2.75) is 26.2 Å². The Kier molecular flexibility index (Phi) is 6.43. The van der Waals surface area contributed by atoms with Gasteiger partial charge in [0.1, 0.15) is 0 Å². The zero-order valence-electron chi connectivity index (χ0n) is 11.1. The minimum Gasteiger partial charge on any atom is -0.478 e. The van der Waals surface area contributed by atoms with Crippen LogP contribution in [-0.2, 0) is 6.42 Å². The molecule has 1 aromatic carbocycles. The van der Waals surface area contributed by atoms with Crippen LogP contribution in [0.25, 0.3) is 0 Å². The van der Waals surface area contributed by atoms with Gasteiger partial charge in [-0.1, -0.05) is 25.5 Å². The van der Waals surface area contributed by atoms with Gasteiger partial charge in [-0.15, -0.1) is 0 Å². The summed E-state index contributed by atoms with van der Waals surface area (Å²) in [7, 11) is 0. The van der Waals surface area contributed by atoms with Crippen LogP contribution >= 0.6 is 0 Å². The average molecular weight is 264 g/mol. The molecule has 0 heterocycles. The van der Waals surface area contributed by atoms with Crippen LogP contribution in [0.15, 0.2) is 24.3 Å². The van der Waals surface area contributed by atoms with E-state index in [2.05, 4.69) is 17.6 Å². The average Bonchev–Trinajstić information content (AvgIpc) is 2.39. The van der Waals surface area contributed by atoms with Crippen molar-refractivity contribution in [1.82, 2.24) is 10.6 Å². The maximum absolute atomic E-state index is 11.4. The number of nitrogens with one attached hydrogen (secondary N) is 2. The molecule has 5 heteroatoms. The first-order valence-electron chi connectivity index (χ1n) is 6.47. The van der Waals surface area contributed by atoms with Crippen LogP contribution in [0.4, 0.5) is 4.79 Å². The van der Waals surface area contributed by atoms with Crippen LogP contribution in [0.3, 0.4) is 0 Å². The first-order valence-corrected chi connectivity index (χ1v) is 6.47. The molecule has 0 saturated carbocycles. The fraction of sp³-hybridized carbons (Fsp3) is 0.429. The quantitative estimate of drug-likeness (QED) is 0.659. The fourth-order valence-corrected chi connectivity index (χ4v) is 1.58. The van der Waals surface area contributed by atoms with E-state index in [1.807, 2.05) is 0 Å². The Bertz CT molecular complexity index is 415. The number of carbonyl (C=O) groups is 2. The highest BCUT2D eigenvalue weighted by Gasteiger charge is 2.02. The van der Waals surface area contributed by atoms with Gasteiger partial charge >= 0.3 is 12.0 Å². The molecule has 1 rings (SSSR count). The predicted molar refractivity (Wildman–Crippen MR) is 73.4 cm³/mol. The van der Waals surface area contributed by atoms with Crippen molar-refractivity contribution in [2.75, 3.05) is 13.1 Å². The van der Waals surface area contributed by atoms with Gasteiger partial charge in [-0.25, -0.2) is 9.59 Å². The lowest BCUT2D eigenvalue weighted by molar-refractivity contribution is 0.0697. The maximum atomic E-state index is 11.4. The van der Waals surface area contributed by atoms with Crippen molar-refractivity contribution in [3.63, 3.8) is 0 Å². The molecule has 0 unspecified atom stereocenters. The third kappa shape index (κ3) is 5.90. The van der Waals surface area contributed by atoms with Crippen molar-refractivity contribution in [3.8, 4) is 0 Å². The largest absolute Gasteiger partial charge is 0.478 e. The van der Waals surface area contributed by atoms with E-state index in [1.165, 1.54) is 0 Å². The van der Waals surface area contributed by atoms with E-state index in [4.69, 9.17) is 5.11 Å². The monoisotopic (exact) mass is 264 g/mol. The number of urea groups is 1. The smallest absolute Gasteiger partial charge is 0.335 e. The van der Waals surface area contributed by atoms with Crippen LogP contribution < -0.4 is 10.6 Å². The molecule has 0 aliphatic carbocycles. The van der Waals surface area contributed by atoms with Gasteiger partial charge in [0, 0.05) is 13.1 Å². The number of hydrogen-bond acceptors (Lipinski definition) is 2. The molecule has 0 fully saturated rings. The molecule has 0 atom stereocenters. The molecular formula is C14H20N2O3. The molecule has 5 nitrogen and oxygen atoms in total. The summed E-state index contributed by atoms with van der Waals surface area (Å²) >= 11 is 0. The summed E-state index contributed by atoms with van der Waals surface area (Å²) in [5.74, 6) is -0.931. The van der Waals surface area contributed by atoms with E-state index >= 15 is 0 Å². The number of benzene rings is 1. The second-order valence-corrected chi connectivity index (χ2v) is 4.29. The van der Waals surface area contributed by atoms with Crippen LogP contribution in [0.2, 0.25) is 0 Å². The molecule has 0 aliphatic rings. The molecular weight excluding hydrogens is 244 g/mol. The fourth-order valence-electron chi connectivity index (χ4n) is 1.58. The standard InChI is InChI=1S/C14H20N2O3/c1-2-3-9-15-14(19)16-10-8-11-4-6-12(7-5-11)13(17)18/h4-7H,2-3,8-10H2,1H3,(H,17,18)(H2,15,16,19). The highest BCUT2D eigenvalue weighted by atomic mass is 16.4. The molecule has 2 amide bonds. The Morgan fingerprint density at radius 2 is 1.74 bits per heavy atom. The summed E-state index contributed by atoms with van der Waals surface area (Å²) in [6, 6.07) is 6.51. The Balaban J connectivity index is 2.25. The highest BCUT2D eigenvalue weighted by molar-refractivity contribution is 5.87. The number of hydrogen-bond donors (Lipinski definition) is 3. The molecule has 0 aliphatic heterocycles. The number of amides is 2. The summed E-state index contributed by atoms with van der Waals surface area (Å²) in [5, 5.41) is 14.3. The highest BCUT2D eigenvalue weighted by Crippen LogP contribution is 2.04. The molecule has 0 saturated heterocycles. The van der Waals surface area contributed by atoms with Gasteiger partial charge in [0.15, 0.2) is 0 Å². The van der Waals surface area contributed by atoms with E-state index in [9.17, 15) is 9.59 Å². The van der Waals surface area contributed by atoms with E-state index in [1.54, 1.807) is 24.3 Å². The molecule has 3 N–H and O–H groups in total. The van der Waals surface area contributed by atoms with E-state index in [0.717, 1.165) is 18.4 Å². The molecule has 0 aromatic heterocycles. The third-order valence-electron chi connectivity index (χ3n) is 2.72. The second kappa shape index (κ2) is 8.13. The molecule has 1 aromatic rings. The first kappa shape index (κ1) is 15.0. The number of carboxylic acids is 1. The number of carboxylic acid groups (broad SMARTS) is 1. The maximum Gasteiger partial charge on any atom is 0.335 e. The van der Waals surface area contributed by atoms with E-state index < -0.39 is 5.97 Å². The van der Waals surface area contributed by atoms with Gasteiger partial charge in [-0.05, 0) is 30.5 Å². The van der Waals surface area contributed by atoms with Crippen LogP contribution in [0.5, 0.6) is 0 Å². The number of unbranched alkanes of at least 4 members (excludes halogenated alkanes) is 1. The van der Waals surface area contributed by atoms with Gasteiger partial charge in [-0.2, -0.15) is 0 Å². The first-order chi connectivity index (χ1) is 9.13. The van der Waals surface area contributed by atoms with Crippen molar-refractivity contribution >= 4 is 12.0 Å². The van der Waals surface area contributed by atoms with Gasteiger partial charge in [0.05, 0.1) is 5.56 Å². The normalized spacial score (nSPS) is 9.95. The van der Waals surface area contributed by atoms with Gasteiger partial charge in [-0.3, -0.25) is 0 Å². The summed E-state index contributed by atoms with van der Waals surface area (Å²) in [5.41, 5.74) is 1.27. The predicted octanol–water partition coefficient (Wildman–Crippen LogP) is 2.03. The minimum absolute atomic E-state index is 0.157. The summed E-state index contributed by atoms with van der Waals surface area (Å²) in [6.07, 6.45) is 2.71. The lowest BCUT2D eigenvalue weighted by Crippen LogP contribution is -2.37. The SMILES string of the molecule is CCCCNC(=O)NCCc1ccc(C(=O)O)cc1. The Morgan fingerprint density at radius 3 is 2.32 bits per heavy atom. The van der Waals surface area contributed by atoms with E-state index in [-0.39, 0.29) is 11.6 Å². The zero-order valence-corrected chi connectivity index (χ0v) is 11.1. The van der Waals surface area contributed by atoms with Crippen molar-refractivity contribution in [3.05, 3.63) is 35.4 Å². The summed E-state index contributed by atoms with van der Waals surface area (Å²) in [6.45, 7) is 3.29. The minimum atomic E-state index is -0.931. The van der Waals surface area contributed by atoms with Crippen molar-refractivity contribution < 1.29 is 14.7 Å². The molecule has 0 radical (unpaired) electrons. The number of aromatic carboxylic acids is 1. The Morgan fingerprint density at radius 1 is 1.11 bits per heavy atom. The summed E-state index contributed by atoms with van der Waals surface area (Å²) in [4.78, 5) is 22.0. The van der Waals surface area contributed by atoms with Gasteiger partial charge in [0.2, 0.25) is 0 Å². The number of carbonyl (C=O) groups excluding carboxylic acids is 1. The zero-order chi connectivity index (χ0) is 14.1. The summed E-state index contributed by atoms with van der Waals surface area (Å²) < 4.78 is 0. The van der Waals surface area contributed by atoms with Crippen LogP contribution in [0.1, 0.15) is 35.7 Å². The van der Waals surface area contributed by atoms with Crippen molar-refractivity contribution in [2.24, 2.45) is 0 Å². The third-order valence-corrected chi connectivity index (χ3v) is 2.72. The van der Waals surface area contributed by atoms with Gasteiger partial charge in [0.25, 0.3) is 0 Å². The van der Waals surface area contributed by atoms with Crippen LogP contribution in [0, 0.1) is 0 Å². The van der Waals surface area contributed by atoms with Gasteiger partial charge < -0.3 is 15.7 Å². The molecule has 104 valence electrons. The van der Waals surface area contributed by atoms with E-state index in [0.29, 0.717) is 19.5 Å².